The monoisotopic (exact) mass is 335 g/mol. The largest absolute Gasteiger partial charge is 0.465 e. The van der Waals surface area contributed by atoms with Gasteiger partial charge >= 0.3 is 12.1 Å². The van der Waals surface area contributed by atoms with Gasteiger partial charge in [-0.05, 0) is 56.5 Å². The molecule has 0 aliphatic carbocycles. The minimum atomic E-state index is -0.601. The molecular weight excluding hydrogens is 313 g/mol. The molecule has 2 rings (SSSR count). The van der Waals surface area contributed by atoms with E-state index < -0.39 is 23.5 Å². The number of amides is 1. The number of hydrogen-bond donors (Lipinski definition) is 0. The van der Waals surface area contributed by atoms with Crippen LogP contribution in [0, 0.1) is 5.82 Å². The van der Waals surface area contributed by atoms with Crippen LogP contribution >= 0.6 is 0 Å². The van der Waals surface area contributed by atoms with E-state index in [0.717, 1.165) is 11.6 Å². The van der Waals surface area contributed by atoms with Crippen LogP contribution in [0.4, 0.5) is 9.18 Å². The lowest BCUT2D eigenvalue weighted by Gasteiger charge is -2.30. The molecule has 0 aromatic heterocycles. The molecule has 0 saturated heterocycles. The van der Waals surface area contributed by atoms with Crippen molar-refractivity contribution in [3.63, 3.8) is 0 Å². The van der Waals surface area contributed by atoms with E-state index in [-0.39, 0.29) is 5.56 Å². The third-order valence-corrected chi connectivity index (χ3v) is 3.49. The molecule has 0 spiro atoms. The molecule has 1 heterocycles. The number of esters is 1. The van der Waals surface area contributed by atoms with E-state index in [1.54, 1.807) is 31.7 Å². The molecule has 1 aromatic carbocycles. The Morgan fingerprint density at radius 2 is 1.92 bits per heavy atom. The predicted octanol–water partition coefficient (Wildman–Crippen LogP) is 3.64. The highest BCUT2D eigenvalue weighted by Crippen LogP contribution is 2.24. The fourth-order valence-corrected chi connectivity index (χ4v) is 2.45. The van der Waals surface area contributed by atoms with Crippen molar-refractivity contribution in [2.24, 2.45) is 0 Å². The zero-order valence-electron chi connectivity index (χ0n) is 14.4. The molecule has 1 aliphatic rings. The fourth-order valence-electron chi connectivity index (χ4n) is 2.45. The summed E-state index contributed by atoms with van der Waals surface area (Å²) in [5.41, 5.74) is 0.901. The smallest absolute Gasteiger partial charge is 0.410 e. The standard InChI is InChI=1S/C18H22FNO4/c1-18(2,3)24-17(22)20-7-5-6-12(11-20)13-8-14(16(21)23-4)10-15(19)9-13/h6,8-10H,5,7,11H2,1-4H3. The summed E-state index contributed by atoms with van der Waals surface area (Å²) in [6.45, 7) is 6.26. The van der Waals surface area contributed by atoms with E-state index in [9.17, 15) is 14.0 Å². The Kier molecular flexibility index (Phi) is 5.26. The highest BCUT2D eigenvalue weighted by atomic mass is 19.1. The van der Waals surface area contributed by atoms with Crippen molar-refractivity contribution >= 4 is 17.6 Å². The van der Waals surface area contributed by atoms with Gasteiger partial charge in [0.1, 0.15) is 11.4 Å². The lowest BCUT2D eigenvalue weighted by molar-refractivity contribution is 0.0272. The van der Waals surface area contributed by atoms with E-state index in [4.69, 9.17) is 4.74 Å². The van der Waals surface area contributed by atoms with Gasteiger partial charge < -0.3 is 14.4 Å². The van der Waals surface area contributed by atoms with Crippen LogP contribution in [0.15, 0.2) is 24.3 Å². The summed E-state index contributed by atoms with van der Waals surface area (Å²) in [6.07, 6.45) is 2.17. The number of benzene rings is 1. The predicted molar refractivity (Wildman–Crippen MR) is 88.1 cm³/mol. The van der Waals surface area contributed by atoms with E-state index in [1.807, 2.05) is 6.08 Å². The lowest BCUT2D eigenvalue weighted by Crippen LogP contribution is -2.39. The van der Waals surface area contributed by atoms with Crippen molar-refractivity contribution < 1.29 is 23.5 Å². The molecule has 6 heteroatoms. The zero-order valence-corrected chi connectivity index (χ0v) is 14.4. The maximum atomic E-state index is 13.8. The topological polar surface area (TPSA) is 55.8 Å². The molecule has 0 atom stereocenters. The molecule has 0 N–H and O–H groups in total. The van der Waals surface area contributed by atoms with Crippen LogP contribution < -0.4 is 0 Å². The fraction of sp³-hybridized carbons (Fsp3) is 0.444. The normalized spacial score (nSPS) is 14.9. The van der Waals surface area contributed by atoms with Crippen LogP contribution in [-0.4, -0.2) is 42.8 Å². The quantitative estimate of drug-likeness (QED) is 0.774. The van der Waals surface area contributed by atoms with E-state index >= 15 is 0 Å². The minimum Gasteiger partial charge on any atom is -0.465 e. The number of halogens is 1. The molecule has 130 valence electrons. The Hall–Kier alpha value is -2.37. The molecule has 0 radical (unpaired) electrons. The van der Waals surface area contributed by atoms with E-state index in [2.05, 4.69) is 4.74 Å². The highest BCUT2D eigenvalue weighted by Gasteiger charge is 2.25. The first-order valence-corrected chi connectivity index (χ1v) is 7.76. The highest BCUT2D eigenvalue weighted by molar-refractivity contribution is 5.90. The van der Waals surface area contributed by atoms with Gasteiger partial charge in [-0.3, -0.25) is 0 Å². The van der Waals surface area contributed by atoms with Crippen LogP contribution in [-0.2, 0) is 9.47 Å². The van der Waals surface area contributed by atoms with Gasteiger partial charge in [0.15, 0.2) is 0 Å². The van der Waals surface area contributed by atoms with Crippen molar-refractivity contribution in [1.29, 1.82) is 0 Å². The molecule has 1 amide bonds. The van der Waals surface area contributed by atoms with Crippen molar-refractivity contribution in [2.45, 2.75) is 32.8 Å². The van der Waals surface area contributed by atoms with Gasteiger partial charge in [0.05, 0.1) is 12.7 Å². The van der Waals surface area contributed by atoms with Crippen LogP contribution in [0.5, 0.6) is 0 Å². The summed E-state index contributed by atoms with van der Waals surface area (Å²) < 4.78 is 23.8. The molecule has 0 unspecified atom stereocenters. The molecule has 24 heavy (non-hydrogen) atoms. The van der Waals surface area contributed by atoms with Crippen molar-refractivity contribution in [3.8, 4) is 0 Å². The van der Waals surface area contributed by atoms with Gasteiger partial charge in [-0.15, -0.1) is 0 Å². The average Bonchev–Trinajstić information content (AvgIpc) is 2.52. The Bertz CT molecular complexity index is 676. The number of rotatable bonds is 2. The third kappa shape index (κ3) is 4.57. The number of nitrogens with zero attached hydrogens (tertiary/aromatic N) is 1. The van der Waals surface area contributed by atoms with Crippen LogP contribution in [0.2, 0.25) is 0 Å². The first kappa shape index (κ1) is 18.0. The van der Waals surface area contributed by atoms with E-state index in [0.29, 0.717) is 25.1 Å². The van der Waals surface area contributed by atoms with Gasteiger partial charge in [-0.2, -0.15) is 0 Å². The summed E-state index contributed by atoms with van der Waals surface area (Å²) in [6, 6.07) is 4.04. The summed E-state index contributed by atoms with van der Waals surface area (Å²) in [7, 11) is 1.25. The van der Waals surface area contributed by atoms with Gasteiger partial charge in [0.2, 0.25) is 0 Å². The van der Waals surface area contributed by atoms with Crippen molar-refractivity contribution in [1.82, 2.24) is 4.90 Å². The number of methoxy groups -OCH3 is 1. The second kappa shape index (κ2) is 7.03. The molecule has 1 aromatic rings. The first-order chi connectivity index (χ1) is 11.2. The Morgan fingerprint density at radius 3 is 2.54 bits per heavy atom. The molecule has 1 aliphatic heterocycles. The maximum Gasteiger partial charge on any atom is 0.410 e. The Labute approximate surface area is 141 Å². The van der Waals surface area contributed by atoms with Crippen LogP contribution in [0.3, 0.4) is 0 Å². The van der Waals surface area contributed by atoms with Crippen LogP contribution in [0.1, 0.15) is 43.1 Å². The molecular formula is C18H22FNO4. The summed E-state index contributed by atoms with van der Waals surface area (Å²) in [5.74, 6) is -1.13. The van der Waals surface area contributed by atoms with Crippen molar-refractivity contribution in [2.75, 3.05) is 20.2 Å². The maximum absolute atomic E-state index is 13.8. The SMILES string of the molecule is COC(=O)c1cc(F)cc(C2=CCCN(C(=O)OC(C)(C)C)C2)c1. The molecule has 5 nitrogen and oxygen atoms in total. The third-order valence-electron chi connectivity index (χ3n) is 3.49. The summed E-state index contributed by atoms with van der Waals surface area (Å²) >= 11 is 0. The van der Waals surface area contributed by atoms with E-state index in [1.165, 1.54) is 13.2 Å². The summed E-state index contributed by atoms with van der Waals surface area (Å²) in [5, 5.41) is 0. The number of carbonyl (C=O) groups excluding carboxylic acids is 2. The minimum absolute atomic E-state index is 0.141. The molecule has 0 fully saturated rings. The van der Waals surface area contributed by atoms with Gasteiger partial charge in [0.25, 0.3) is 0 Å². The number of ether oxygens (including phenoxy) is 2. The molecule has 0 bridgehead atoms. The second-order valence-electron chi connectivity index (χ2n) is 6.64. The molecule has 0 saturated carbocycles. The Morgan fingerprint density at radius 1 is 1.21 bits per heavy atom. The number of carbonyl (C=O) groups is 2. The van der Waals surface area contributed by atoms with Gasteiger partial charge in [-0.25, -0.2) is 14.0 Å². The van der Waals surface area contributed by atoms with Gasteiger partial charge in [-0.1, -0.05) is 6.08 Å². The second-order valence-corrected chi connectivity index (χ2v) is 6.64. The lowest BCUT2D eigenvalue weighted by atomic mass is 9.99. The van der Waals surface area contributed by atoms with Crippen LogP contribution in [0.25, 0.3) is 5.57 Å². The zero-order chi connectivity index (χ0) is 17.9. The Balaban J connectivity index is 2.21. The first-order valence-electron chi connectivity index (χ1n) is 7.76. The number of hydrogen-bond acceptors (Lipinski definition) is 4. The van der Waals surface area contributed by atoms with Gasteiger partial charge in [0, 0.05) is 13.1 Å². The van der Waals surface area contributed by atoms with Crippen molar-refractivity contribution in [3.05, 3.63) is 41.2 Å². The summed E-state index contributed by atoms with van der Waals surface area (Å²) in [4.78, 5) is 25.4. The average molecular weight is 335 g/mol.